The summed E-state index contributed by atoms with van der Waals surface area (Å²) in [6.07, 6.45) is 2.59. The van der Waals surface area contributed by atoms with Gasteiger partial charge >= 0.3 is 0 Å². The molecule has 6 nitrogen and oxygen atoms in total. The van der Waals surface area contributed by atoms with Crippen LogP contribution in [0, 0.1) is 0 Å². The maximum Gasteiger partial charge on any atom is 0.230 e. The van der Waals surface area contributed by atoms with E-state index in [1.54, 1.807) is 23.1 Å². The van der Waals surface area contributed by atoms with E-state index in [0.717, 1.165) is 50.5 Å². The van der Waals surface area contributed by atoms with Crippen molar-refractivity contribution in [3.8, 4) is 39.2 Å². The molecule has 0 spiro atoms. The van der Waals surface area contributed by atoms with E-state index in [1.807, 2.05) is 78.9 Å². The molecule has 0 saturated carbocycles. The predicted molar refractivity (Wildman–Crippen MR) is 194 cm³/mol. The Morgan fingerprint density at radius 2 is 1.10 bits per heavy atom. The van der Waals surface area contributed by atoms with Gasteiger partial charge in [0.1, 0.15) is 35.4 Å². The number of ether oxygens (including phenoxy) is 5. The first kappa shape index (κ1) is 31.9. The second-order valence-electron chi connectivity index (χ2n) is 11.4. The molecule has 1 aliphatic heterocycles. The number of hydrogen-bond donors (Lipinski definition) is 0. The summed E-state index contributed by atoms with van der Waals surface area (Å²) in [6, 6.07) is 42.2. The molecule has 0 aliphatic carbocycles. The summed E-state index contributed by atoms with van der Waals surface area (Å²) in [5.74, 6) is 3.97. The van der Waals surface area contributed by atoms with Crippen LogP contribution >= 0.6 is 23.1 Å². The SMILES string of the molecule is c1ccc(OCOc2ccc(-c3sc4cc(OCOc5ccccc5)ccc4c3Sc3ccc(OCCN4CCCC4)cc3)cc2)cc1. The summed E-state index contributed by atoms with van der Waals surface area (Å²) in [5.41, 5.74) is 1.12. The Balaban J connectivity index is 1.07. The van der Waals surface area contributed by atoms with E-state index >= 15 is 0 Å². The molecule has 8 heteroatoms. The highest BCUT2D eigenvalue weighted by atomic mass is 32.2. The summed E-state index contributed by atoms with van der Waals surface area (Å²) >= 11 is 3.52. The lowest BCUT2D eigenvalue weighted by atomic mass is 10.1. The maximum atomic E-state index is 6.07. The van der Waals surface area contributed by atoms with Gasteiger partial charge in [-0.1, -0.05) is 48.2 Å². The molecule has 1 saturated heterocycles. The Labute approximate surface area is 289 Å². The summed E-state index contributed by atoms with van der Waals surface area (Å²) in [5, 5.41) is 1.18. The number of hydrogen-bond acceptors (Lipinski definition) is 8. The molecule has 0 atom stereocenters. The first-order chi connectivity index (χ1) is 23.8. The zero-order valence-corrected chi connectivity index (χ0v) is 28.2. The normalized spacial score (nSPS) is 13.0. The van der Waals surface area contributed by atoms with Gasteiger partial charge < -0.3 is 23.7 Å². The number of rotatable bonds is 15. The molecular weight excluding hydrogens is 639 g/mol. The molecule has 244 valence electrons. The average molecular weight is 676 g/mol. The van der Waals surface area contributed by atoms with Crippen LogP contribution in [0.3, 0.4) is 0 Å². The van der Waals surface area contributed by atoms with Crippen molar-refractivity contribution < 1.29 is 23.7 Å². The number of likely N-dealkylation sites (tertiary alicyclic amines) is 1. The minimum Gasteiger partial charge on any atom is -0.492 e. The molecule has 2 heterocycles. The van der Waals surface area contributed by atoms with Crippen molar-refractivity contribution >= 4 is 33.2 Å². The molecule has 6 aromatic rings. The van der Waals surface area contributed by atoms with Gasteiger partial charge in [0.05, 0.1) is 0 Å². The van der Waals surface area contributed by atoms with Crippen molar-refractivity contribution in [1.82, 2.24) is 4.90 Å². The van der Waals surface area contributed by atoms with Crippen molar-refractivity contribution in [3.63, 3.8) is 0 Å². The lowest BCUT2D eigenvalue weighted by molar-refractivity contribution is 0.119. The third-order valence-electron chi connectivity index (χ3n) is 8.04. The smallest absolute Gasteiger partial charge is 0.230 e. The zero-order valence-electron chi connectivity index (χ0n) is 26.6. The highest BCUT2D eigenvalue weighted by molar-refractivity contribution is 8.00. The minimum atomic E-state index is 0.136. The summed E-state index contributed by atoms with van der Waals surface area (Å²) in [6.45, 7) is 4.34. The van der Waals surface area contributed by atoms with Crippen LogP contribution in [0.2, 0.25) is 0 Å². The number of nitrogens with zero attached hydrogens (tertiary/aromatic N) is 1. The fourth-order valence-corrected chi connectivity index (χ4v) is 7.97. The first-order valence-electron chi connectivity index (χ1n) is 16.2. The first-order valence-corrected chi connectivity index (χ1v) is 17.8. The van der Waals surface area contributed by atoms with Gasteiger partial charge in [0, 0.05) is 31.3 Å². The van der Waals surface area contributed by atoms with E-state index in [0.29, 0.717) is 6.61 Å². The van der Waals surface area contributed by atoms with Gasteiger partial charge in [-0.15, -0.1) is 11.3 Å². The van der Waals surface area contributed by atoms with Crippen molar-refractivity contribution in [2.75, 3.05) is 39.8 Å². The zero-order chi connectivity index (χ0) is 32.4. The third-order valence-corrected chi connectivity index (χ3v) is 10.5. The fraction of sp³-hybridized carbons (Fsp3) is 0.200. The van der Waals surface area contributed by atoms with Gasteiger partial charge in [0.25, 0.3) is 0 Å². The largest absolute Gasteiger partial charge is 0.492 e. The lowest BCUT2D eigenvalue weighted by Gasteiger charge is -2.15. The van der Waals surface area contributed by atoms with Crippen molar-refractivity contribution in [3.05, 3.63) is 127 Å². The number of thiophene rings is 1. The van der Waals surface area contributed by atoms with E-state index in [4.69, 9.17) is 23.7 Å². The Kier molecular flexibility index (Phi) is 10.6. The van der Waals surface area contributed by atoms with E-state index in [-0.39, 0.29) is 13.6 Å². The van der Waals surface area contributed by atoms with Crippen LogP contribution in [0.25, 0.3) is 20.5 Å². The molecule has 0 radical (unpaired) electrons. The summed E-state index contributed by atoms with van der Waals surface area (Å²) in [7, 11) is 0. The van der Waals surface area contributed by atoms with Gasteiger partial charge in [-0.05, 0) is 122 Å². The number of para-hydroxylation sites is 2. The summed E-state index contributed by atoms with van der Waals surface area (Å²) < 4.78 is 30.5. The molecule has 1 fully saturated rings. The molecule has 1 aliphatic rings. The standard InChI is InChI=1S/C40H37NO5S2/c1-3-9-31(10-4-1)43-28-45-34-15-13-30(14-16-34)39-40(47-36-20-17-33(18-21-36)42-26-25-41-23-7-8-24-41)37-22-19-35(27-38(37)48-39)46-29-44-32-11-5-2-6-12-32/h1-6,9-22,27H,7-8,23-26,28-29H2. The second kappa shape index (κ2) is 16.0. The van der Waals surface area contributed by atoms with E-state index in [9.17, 15) is 0 Å². The lowest BCUT2D eigenvalue weighted by Crippen LogP contribution is -2.25. The topological polar surface area (TPSA) is 49.4 Å². The fourth-order valence-electron chi connectivity index (χ4n) is 5.52. The molecule has 0 bridgehead atoms. The van der Waals surface area contributed by atoms with Crippen LogP contribution in [-0.2, 0) is 0 Å². The number of fused-ring (bicyclic) bond motifs is 1. The monoisotopic (exact) mass is 675 g/mol. The molecule has 0 unspecified atom stereocenters. The van der Waals surface area contributed by atoms with Crippen LogP contribution in [0.4, 0.5) is 0 Å². The molecule has 1 aromatic heterocycles. The van der Waals surface area contributed by atoms with Gasteiger partial charge in [0.15, 0.2) is 0 Å². The molecule has 48 heavy (non-hydrogen) atoms. The third kappa shape index (κ3) is 8.44. The second-order valence-corrected chi connectivity index (χ2v) is 13.5. The molecule has 5 aromatic carbocycles. The van der Waals surface area contributed by atoms with Crippen molar-refractivity contribution in [2.24, 2.45) is 0 Å². The molecule has 7 rings (SSSR count). The quantitative estimate of drug-likeness (QED) is 0.100. The highest BCUT2D eigenvalue weighted by Crippen LogP contribution is 2.48. The van der Waals surface area contributed by atoms with E-state index in [2.05, 4.69) is 53.4 Å². The van der Waals surface area contributed by atoms with Gasteiger partial charge in [0.2, 0.25) is 13.6 Å². The molecule has 0 N–H and O–H groups in total. The maximum absolute atomic E-state index is 6.07. The Morgan fingerprint density at radius 3 is 1.75 bits per heavy atom. The Morgan fingerprint density at radius 1 is 0.562 bits per heavy atom. The Bertz CT molecular complexity index is 1870. The molecular formula is C40H37NO5S2. The van der Waals surface area contributed by atoms with Crippen LogP contribution < -0.4 is 23.7 Å². The predicted octanol–water partition coefficient (Wildman–Crippen LogP) is 10.0. The average Bonchev–Trinajstić information content (AvgIpc) is 3.78. The van der Waals surface area contributed by atoms with Gasteiger partial charge in [-0.3, -0.25) is 4.90 Å². The molecule has 0 amide bonds. The van der Waals surface area contributed by atoms with Crippen molar-refractivity contribution in [1.29, 1.82) is 0 Å². The minimum absolute atomic E-state index is 0.136. The van der Waals surface area contributed by atoms with Crippen LogP contribution in [0.5, 0.6) is 28.7 Å². The van der Waals surface area contributed by atoms with E-state index in [1.165, 1.54) is 41.1 Å². The number of benzene rings is 5. The van der Waals surface area contributed by atoms with E-state index < -0.39 is 0 Å². The Hall–Kier alpha value is -4.63. The van der Waals surface area contributed by atoms with Crippen LogP contribution in [0.15, 0.2) is 137 Å². The van der Waals surface area contributed by atoms with Crippen LogP contribution in [-0.4, -0.2) is 44.7 Å². The summed E-state index contributed by atoms with van der Waals surface area (Å²) in [4.78, 5) is 6.01. The van der Waals surface area contributed by atoms with Crippen molar-refractivity contribution in [2.45, 2.75) is 22.6 Å². The van der Waals surface area contributed by atoms with Gasteiger partial charge in [-0.2, -0.15) is 0 Å². The van der Waals surface area contributed by atoms with Crippen LogP contribution in [0.1, 0.15) is 12.8 Å². The van der Waals surface area contributed by atoms with Gasteiger partial charge in [-0.25, -0.2) is 0 Å². The highest BCUT2D eigenvalue weighted by Gasteiger charge is 2.17.